The van der Waals surface area contributed by atoms with Crippen LogP contribution in [0.5, 0.6) is 5.75 Å². The van der Waals surface area contributed by atoms with Crippen LogP contribution in [-0.2, 0) is 14.4 Å². The molecule has 10 heteroatoms. The minimum atomic E-state index is -1.15. The topological polar surface area (TPSA) is 137 Å². The second kappa shape index (κ2) is 14.7. The molecule has 2 saturated heterocycles. The summed E-state index contributed by atoms with van der Waals surface area (Å²) < 4.78 is 5.63. The fourth-order valence-corrected chi connectivity index (χ4v) is 4.88. The number of hydrogen-bond acceptors (Lipinski definition) is 6. The number of amides is 3. The lowest BCUT2D eigenvalue weighted by molar-refractivity contribution is -0.138. The van der Waals surface area contributed by atoms with Crippen molar-refractivity contribution in [1.29, 1.82) is 0 Å². The van der Waals surface area contributed by atoms with Crippen LogP contribution in [0.15, 0.2) is 24.3 Å². The lowest BCUT2D eigenvalue weighted by atomic mass is 9.92. The van der Waals surface area contributed by atoms with Crippen LogP contribution in [0.2, 0.25) is 0 Å². The molecule has 38 heavy (non-hydrogen) atoms. The smallest absolute Gasteiger partial charge is 0.307 e. The molecule has 10 nitrogen and oxygen atoms in total. The second-order valence-corrected chi connectivity index (χ2v) is 10.8. The lowest BCUT2D eigenvalue weighted by Gasteiger charge is -2.33. The number of carbonyl (C=O) groups excluding carboxylic acids is 3. The van der Waals surface area contributed by atoms with Crippen molar-refractivity contribution in [2.75, 3.05) is 32.8 Å². The van der Waals surface area contributed by atoms with Crippen molar-refractivity contribution in [2.45, 2.75) is 65.0 Å². The van der Waals surface area contributed by atoms with E-state index in [4.69, 9.17) is 4.74 Å². The Kier molecular flexibility index (Phi) is 11.4. The zero-order valence-electron chi connectivity index (χ0n) is 22.5. The van der Waals surface area contributed by atoms with Crippen molar-refractivity contribution < 1.29 is 29.0 Å². The minimum absolute atomic E-state index is 0.0669. The molecule has 2 atom stereocenters. The van der Waals surface area contributed by atoms with Crippen LogP contribution in [0.4, 0.5) is 0 Å². The normalized spacial score (nSPS) is 19.0. The van der Waals surface area contributed by atoms with E-state index >= 15 is 0 Å². The first-order valence-electron chi connectivity index (χ1n) is 13.8. The van der Waals surface area contributed by atoms with Gasteiger partial charge in [-0.15, -0.1) is 0 Å². The number of rotatable bonds is 12. The largest absolute Gasteiger partial charge is 0.493 e. The van der Waals surface area contributed by atoms with Gasteiger partial charge in [-0.05, 0) is 81.3 Å². The number of carboxylic acids is 1. The summed E-state index contributed by atoms with van der Waals surface area (Å²) in [7, 11) is 0. The molecule has 0 bridgehead atoms. The van der Waals surface area contributed by atoms with Crippen LogP contribution in [0, 0.1) is 17.8 Å². The fraction of sp³-hybridized carbons (Fsp3) is 0.643. The van der Waals surface area contributed by atoms with Crippen molar-refractivity contribution in [3.63, 3.8) is 0 Å². The SMILES string of the molecule is CC(C)COc1ccc(C(=O)N[C@H](CC(=O)O)NC(=O)[C@@H]2CCCN(C(=O)CCC3CCNCC3)C2)cc1. The van der Waals surface area contributed by atoms with Gasteiger partial charge in [0.2, 0.25) is 11.8 Å². The highest BCUT2D eigenvalue weighted by Crippen LogP contribution is 2.22. The number of carboxylic acid groups (broad SMARTS) is 1. The third-order valence-corrected chi connectivity index (χ3v) is 7.07. The molecular formula is C28H42N4O6. The van der Waals surface area contributed by atoms with E-state index in [2.05, 4.69) is 16.0 Å². The van der Waals surface area contributed by atoms with Gasteiger partial charge in [0.25, 0.3) is 5.91 Å². The van der Waals surface area contributed by atoms with Crippen LogP contribution in [-0.4, -0.2) is 72.6 Å². The van der Waals surface area contributed by atoms with Crippen LogP contribution in [0.3, 0.4) is 0 Å². The van der Waals surface area contributed by atoms with Crippen molar-refractivity contribution in [1.82, 2.24) is 20.9 Å². The summed E-state index contributed by atoms with van der Waals surface area (Å²) in [4.78, 5) is 51.8. The van der Waals surface area contributed by atoms with E-state index in [1.54, 1.807) is 29.2 Å². The quantitative estimate of drug-likeness (QED) is 0.305. The van der Waals surface area contributed by atoms with Gasteiger partial charge in [-0.25, -0.2) is 0 Å². The maximum atomic E-state index is 13.0. The predicted octanol–water partition coefficient (Wildman–Crippen LogP) is 2.39. The van der Waals surface area contributed by atoms with Crippen molar-refractivity contribution >= 4 is 23.7 Å². The molecule has 0 spiro atoms. The number of nitrogens with one attached hydrogen (secondary N) is 3. The molecule has 1 aromatic rings. The van der Waals surface area contributed by atoms with Crippen molar-refractivity contribution in [3.05, 3.63) is 29.8 Å². The number of ether oxygens (including phenoxy) is 1. The number of likely N-dealkylation sites (tertiary alicyclic amines) is 1. The van der Waals surface area contributed by atoms with Crippen molar-refractivity contribution in [3.8, 4) is 5.75 Å². The second-order valence-electron chi connectivity index (χ2n) is 10.8. The molecule has 2 aliphatic rings. The zero-order chi connectivity index (χ0) is 27.5. The standard InChI is InChI=1S/C28H42N4O6/c1-19(2)18-38-23-8-6-21(7-9-23)27(36)30-24(16-26(34)35)31-28(37)22-4-3-15-32(17-22)25(33)10-5-20-11-13-29-14-12-20/h6-9,19-20,22,24,29H,3-5,10-18H2,1-2H3,(H,30,36)(H,31,37)(H,34,35)/t22-,24+/m1/s1. The summed E-state index contributed by atoms with van der Waals surface area (Å²) in [5.41, 5.74) is 0.328. The van der Waals surface area contributed by atoms with E-state index in [1.165, 1.54) is 0 Å². The van der Waals surface area contributed by atoms with Gasteiger partial charge in [-0.3, -0.25) is 19.2 Å². The highest BCUT2D eigenvalue weighted by molar-refractivity contribution is 5.95. The maximum Gasteiger partial charge on any atom is 0.307 e. The number of nitrogens with zero attached hydrogens (tertiary/aromatic N) is 1. The van der Waals surface area contributed by atoms with E-state index in [1.807, 2.05) is 13.8 Å². The molecule has 0 unspecified atom stereocenters. The van der Waals surface area contributed by atoms with Crippen molar-refractivity contribution in [2.24, 2.45) is 17.8 Å². The number of aliphatic carboxylic acids is 1. The Balaban J connectivity index is 1.52. The highest BCUT2D eigenvalue weighted by Gasteiger charge is 2.30. The fourth-order valence-electron chi connectivity index (χ4n) is 4.88. The van der Waals surface area contributed by atoms with Crippen LogP contribution in [0.1, 0.15) is 69.2 Å². The van der Waals surface area contributed by atoms with E-state index in [9.17, 15) is 24.3 Å². The molecule has 0 saturated carbocycles. The first-order valence-corrected chi connectivity index (χ1v) is 13.8. The molecule has 0 radical (unpaired) electrons. The zero-order valence-corrected chi connectivity index (χ0v) is 22.5. The Labute approximate surface area is 224 Å². The Morgan fingerprint density at radius 3 is 2.45 bits per heavy atom. The minimum Gasteiger partial charge on any atom is -0.493 e. The van der Waals surface area contributed by atoms with E-state index < -0.39 is 30.4 Å². The summed E-state index contributed by atoms with van der Waals surface area (Å²) in [6.45, 7) is 7.56. The van der Waals surface area contributed by atoms with Gasteiger partial charge < -0.3 is 30.7 Å². The molecule has 2 aliphatic heterocycles. The van der Waals surface area contributed by atoms with Gasteiger partial charge in [0.1, 0.15) is 11.9 Å². The Hall–Kier alpha value is -3.14. The predicted molar refractivity (Wildman–Crippen MR) is 143 cm³/mol. The Morgan fingerprint density at radius 1 is 1.08 bits per heavy atom. The third-order valence-electron chi connectivity index (χ3n) is 7.07. The molecule has 2 fully saturated rings. The van der Waals surface area contributed by atoms with E-state index in [0.717, 1.165) is 32.4 Å². The monoisotopic (exact) mass is 530 g/mol. The van der Waals surface area contributed by atoms with Gasteiger partial charge in [0.15, 0.2) is 0 Å². The van der Waals surface area contributed by atoms with Gasteiger partial charge in [-0.1, -0.05) is 13.8 Å². The lowest BCUT2D eigenvalue weighted by Crippen LogP contribution is -2.53. The maximum absolute atomic E-state index is 13.0. The number of benzene rings is 1. The van der Waals surface area contributed by atoms with Crippen LogP contribution < -0.4 is 20.7 Å². The first-order chi connectivity index (χ1) is 18.2. The molecule has 1 aromatic carbocycles. The van der Waals surface area contributed by atoms with E-state index in [0.29, 0.717) is 62.1 Å². The highest BCUT2D eigenvalue weighted by atomic mass is 16.5. The number of piperidine rings is 2. The molecule has 0 aliphatic carbocycles. The van der Waals surface area contributed by atoms with E-state index in [-0.39, 0.29) is 11.8 Å². The molecule has 3 amide bonds. The number of carbonyl (C=O) groups is 4. The van der Waals surface area contributed by atoms with Crippen LogP contribution in [0.25, 0.3) is 0 Å². The Morgan fingerprint density at radius 2 is 1.79 bits per heavy atom. The summed E-state index contributed by atoms with van der Waals surface area (Å²) in [6, 6.07) is 6.56. The van der Waals surface area contributed by atoms with Gasteiger partial charge in [0, 0.05) is 25.1 Å². The van der Waals surface area contributed by atoms with Gasteiger partial charge in [0.05, 0.1) is 18.9 Å². The third kappa shape index (κ3) is 9.63. The molecule has 4 N–H and O–H groups in total. The van der Waals surface area contributed by atoms with Crippen LogP contribution >= 0.6 is 0 Å². The van der Waals surface area contributed by atoms with Gasteiger partial charge >= 0.3 is 5.97 Å². The summed E-state index contributed by atoms with van der Waals surface area (Å²) in [5.74, 6) is -0.811. The van der Waals surface area contributed by atoms with Gasteiger partial charge in [-0.2, -0.15) is 0 Å². The Bertz CT molecular complexity index is 945. The average Bonchev–Trinajstić information content (AvgIpc) is 2.91. The molecule has 2 heterocycles. The number of hydrogen-bond donors (Lipinski definition) is 4. The average molecular weight is 531 g/mol. The molecule has 3 rings (SSSR count). The summed E-state index contributed by atoms with van der Waals surface area (Å²) >= 11 is 0. The first kappa shape index (κ1) is 29.4. The summed E-state index contributed by atoms with van der Waals surface area (Å²) in [5, 5.41) is 18.0. The molecule has 0 aromatic heterocycles. The summed E-state index contributed by atoms with van der Waals surface area (Å²) in [6.07, 6.45) is 3.31. The molecular weight excluding hydrogens is 488 g/mol. The molecule has 210 valence electrons.